The van der Waals surface area contributed by atoms with Gasteiger partial charge in [-0.2, -0.15) is 0 Å². The molecule has 2 heterocycles. The largest absolute Gasteiger partial charge is 0.386 e. The van der Waals surface area contributed by atoms with E-state index in [9.17, 15) is 19.5 Å². The fourth-order valence-corrected chi connectivity index (χ4v) is 1.77. The standard InChI is InChI=1S/C10H13N3O4/c1-10(17)5-12(6-10)9(16)4-13-8(15)3-2-7(14)11-13/h2-3,17H,4-6H2,1H3,(H,11,14). The number of likely N-dealkylation sites (tertiary alicyclic amines) is 1. The van der Waals surface area contributed by atoms with Crippen molar-refractivity contribution >= 4 is 5.91 Å². The maximum Gasteiger partial charge on any atom is 0.265 e. The highest BCUT2D eigenvalue weighted by molar-refractivity contribution is 5.77. The summed E-state index contributed by atoms with van der Waals surface area (Å²) in [6, 6.07) is 2.22. The van der Waals surface area contributed by atoms with Crippen LogP contribution in [0.2, 0.25) is 0 Å². The molecule has 0 radical (unpaired) electrons. The second-order valence-electron chi connectivity index (χ2n) is 4.48. The molecule has 17 heavy (non-hydrogen) atoms. The van der Waals surface area contributed by atoms with Crippen LogP contribution in [0.3, 0.4) is 0 Å². The Balaban J connectivity index is 2.07. The summed E-state index contributed by atoms with van der Waals surface area (Å²) in [4.78, 5) is 35.4. The van der Waals surface area contributed by atoms with Gasteiger partial charge in [0.15, 0.2) is 0 Å². The predicted octanol–water partition coefficient (Wildman–Crippen LogP) is -1.87. The van der Waals surface area contributed by atoms with Crippen LogP contribution in [0.15, 0.2) is 21.7 Å². The molecule has 7 nitrogen and oxygen atoms in total. The lowest BCUT2D eigenvalue weighted by molar-refractivity contribution is -0.153. The van der Waals surface area contributed by atoms with Crippen molar-refractivity contribution in [1.82, 2.24) is 14.7 Å². The molecule has 1 aliphatic rings. The van der Waals surface area contributed by atoms with Crippen LogP contribution in [0.4, 0.5) is 0 Å². The molecule has 0 spiro atoms. The molecule has 0 unspecified atom stereocenters. The van der Waals surface area contributed by atoms with Crippen molar-refractivity contribution in [1.29, 1.82) is 0 Å². The summed E-state index contributed by atoms with van der Waals surface area (Å²) in [6.45, 7) is 1.91. The van der Waals surface area contributed by atoms with Gasteiger partial charge >= 0.3 is 0 Å². The normalized spacial score (nSPS) is 17.6. The molecule has 0 aliphatic carbocycles. The van der Waals surface area contributed by atoms with Gasteiger partial charge < -0.3 is 10.0 Å². The van der Waals surface area contributed by atoms with E-state index < -0.39 is 16.7 Å². The Labute approximate surface area is 96.3 Å². The third-order valence-corrected chi connectivity index (χ3v) is 2.60. The molecule has 1 aromatic rings. The highest BCUT2D eigenvalue weighted by Gasteiger charge is 2.39. The van der Waals surface area contributed by atoms with Crippen LogP contribution >= 0.6 is 0 Å². The zero-order valence-electron chi connectivity index (χ0n) is 9.34. The number of nitrogens with one attached hydrogen (secondary N) is 1. The van der Waals surface area contributed by atoms with Gasteiger partial charge in [0.05, 0.1) is 18.7 Å². The summed E-state index contributed by atoms with van der Waals surface area (Å²) in [5.41, 5.74) is -1.72. The topological polar surface area (TPSA) is 95.4 Å². The Kier molecular flexibility index (Phi) is 2.62. The summed E-state index contributed by atoms with van der Waals surface area (Å²) >= 11 is 0. The highest BCUT2D eigenvalue weighted by atomic mass is 16.3. The Morgan fingerprint density at radius 1 is 1.47 bits per heavy atom. The highest BCUT2D eigenvalue weighted by Crippen LogP contribution is 2.19. The zero-order valence-corrected chi connectivity index (χ0v) is 9.34. The second-order valence-corrected chi connectivity index (χ2v) is 4.48. The van der Waals surface area contributed by atoms with Crippen molar-refractivity contribution in [2.75, 3.05) is 13.1 Å². The Bertz CT molecular complexity index is 549. The minimum atomic E-state index is -0.843. The number of rotatable bonds is 2. The van der Waals surface area contributed by atoms with Gasteiger partial charge in [0.25, 0.3) is 11.1 Å². The molecule has 0 saturated carbocycles. The maximum atomic E-state index is 11.7. The summed E-state index contributed by atoms with van der Waals surface area (Å²) in [5.74, 6) is -0.305. The molecule has 0 atom stereocenters. The van der Waals surface area contributed by atoms with Crippen LogP contribution in [-0.4, -0.2) is 44.4 Å². The molecule has 2 N–H and O–H groups in total. The van der Waals surface area contributed by atoms with Crippen molar-refractivity contribution < 1.29 is 9.90 Å². The van der Waals surface area contributed by atoms with Gasteiger partial charge in [0, 0.05) is 12.1 Å². The molecule has 1 aliphatic heterocycles. The van der Waals surface area contributed by atoms with Crippen LogP contribution in [0.25, 0.3) is 0 Å². The van der Waals surface area contributed by atoms with E-state index >= 15 is 0 Å². The Morgan fingerprint density at radius 3 is 2.71 bits per heavy atom. The van der Waals surface area contributed by atoms with E-state index in [0.717, 1.165) is 16.8 Å². The van der Waals surface area contributed by atoms with E-state index in [1.807, 2.05) is 0 Å². The molecule has 7 heteroatoms. The number of aromatic amines is 1. The van der Waals surface area contributed by atoms with Gasteiger partial charge in [-0.15, -0.1) is 0 Å². The predicted molar refractivity (Wildman–Crippen MR) is 58.5 cm³/mol. The number of nitrogens with zero attached hydrogens (tertiary/aromatic N) is 2. The van der Waals surface area contributed by atoms with Gasteiger partial charge in [0.1, 0.15) is 6.54 Å². The molecule has 1 fully saturated rings. The summed E-state index contributed by atoms with van der Waals surface area (Å²) in [5, 5.41) is 11.7. The first-order valence-electron chi connectivity index (χ1n) is 5.18. The number of aliphatic hydroxyl groups is 1. The summed E-state index contributed by atoms with van der Waals surface area (Å²) in [6.07, 6.45) is 0. The first-order valence-corrected chi connectivity index (χ1v) is 5.18. The maximum absolute atomic E-state index is 11.7. The van der Waals surface area contributed by atoms with Gasteiger partial charge in [-0.3, -0.25) is 19.5 Å². The number of H-pyrrole nitrogens is 1. The van der Waals surface area contributed by atoms with Crippen molar-refractivity contribution in [3.8, 4) is 0 Å². The first kappa shape index (κ1) is 11.6. The van der Waals surface area contributed by atoms with Crippen LogP contribution in [-0.2, 0) is 11.3 Å². The quantitative estimate of drug-likeness (QED) is 0.632. The number of carbonyl (C=O) groups excluding carboxylic acids is 1. The number of amides is 1. The number of hydrogen-bond acceptors (Lipinski definition) is 4. The van der Waals surface area contributed by atoms with Crippen LogP contribution in [0, 0.1) is 0 Å². The SMILES string of the molecule is CC1(O)CN(C(=O)Cn2[nH]c(=O)ccc2=O)C1. The minimum absolute atomic E-state index is 0.217. The molecule has 1 aromatic heterocycles. The molecule has 0 bridgehead atoms. The smallest absolute Gasteiger partial charge is 0.265 e. The van der Waals surface area contributed by atoms with Crippen molar-refractivity contribution in [2.45, 2.75) is 19.1 Å². The molecular formula is C10H13N3O4. The monoisotopic (exact) mass is 239 g/mol. The molecule has 92 valence electrons. The van der Waals surface area contributed by atoms with Crippen LogP contribution < -0.4 is 11.1 Å². The number of carbonyl (C=O) groups is 1. The van der Waals surface area contributed by atoms with Crippen LogP contribution in [0.5, 0.6) is 0 Å². The fourth-order valence-electron chi connectivity index (χ4n) is 1.77. The number of hydrogen-bond donors (Lipinski definition) is 2. The van der Waals surface area contributed by atoms with E-state index in [0.29, 0.717) is 0 Å². The zero-order chi connectivity index (χ0) is 12.6. The first-order chi connectivity index (χ1) is 7.87. The van der Waals surface area contributed by atoms with E-state index in [2.05, 4.69) is 5.10 Å². The molecule has 2 rings (SSSR count). The lowest BCUT2D eigenvalue weighted by Gasteiger charge is -2.44. The number of aromatic nitrogens is 2. The second kappa shape index (κ2) is 3.85. The third-order valence-electron chi connectivity index (χ3n) is 2.60. The van der Waals surface area contributed by atoms with Gasteiger partial charge in [-0.25, -0.2) is 4.68 Å². The third kappa shape index (κ3) is 2.44. The van der Waals surface area contributed by atoms with Gasteiger partial charge in [-0.05, 0) is 6.92 Å². The van der Waals surface area contributed by atoms with Gasteiger partial charge in [0.2, 0.25) is 5.91 Å². The van der Waals surface area contributed by atoms with Gasteiger partial charge in [-0.1, -0.05) is 0 Å². The fraction of sp³-hybridized carbons (Fsp3) is 0.500. The average Bonchev–Trinajstić information content (AvgIpc) is 2.20. The minimum Gasteiger partial charge on any atom is -0.386 e. The van der Waals surface area contributed by atoms with Crippen LogP contribution in [0.1, 0.15) is 6.92 Å². The average molecular weight is 239 g/mol. The van der Waals surface area contributed by atoms with E-state index in [-0.39, 0.29) is 25.5 Å². The lowest BCUT2D eigenvalue weighted by atomic mass is 9.97. The molecule has 1 amide bonds. The number of β-amino-alcohol motifs (C(OH)–C–C–N with tert-alkyl or cyclic N) is 1. The van der Waals surface area contributed by atoms with Crippen molar-refractivity contribution in [2.24, 2.45) is 0 Å². The van der Waals surface area contributed by atoms with E-state index in [1.165, 1.54) is 4.90 Å². The van der Waals surface area contributed by atoms with E-state index in [1.54, 1.807) is 6.92 Å². The van der Waals surface area contributed by atoms with Crippen molar-refractivity contribution in [3.05, 3.63) is 32.8 Å². The molecule has 1 saturated heterocycles. The van der Waals surface area contributed by atoms with Crippen molar-refractivity contribution in [3.63, 3.8) is 0 Å². The lowest BCUT2D eigenvalue weighted by Crippen LogP contribution is -2.62. The summed E-state index contributed by atoms with van der Waals surface area (Å²) in [7, 11) is 0. The van der Waals surface area contributed by atoms with E-state index in [4.69, 9.17) is 0 Å². The summed E-state index contributed by atoms with van der Waals surface area (Å²) < 4.78 is 0.956. The Morgan fingerprint density at radius 2 is 2.12 bits per heavy atom. The molecular weight excluding hydrogens is 226 g/mol. The molecule has 0 aromatic carbocycles. The Hall–Kier alpha value is -1.89.